The Balaban J connectivity index is 1.84. The highest BCUT2D eigenvalue weighted by atomic mass is 16.5. The first-order valence-electron chi connectivity index (χ1n) is 11.9. The van der Waals surface area contributed by atoms with Gasteiger partial charge in [-0.2, -0.15) is 0 Å². The van der Waals surface area contributed by atoms with Gasteiger partial charge in [0.15, 0.2) is 11.5 Å². The number of aliphatic hydroxyl groups is 1. The number of aliphatic hydroxyl groups excluding tert-OH is 1. The lowest BCUT2D eigenvalue weighted by molar-refractivity contribution is -0.140. The van der Waals surface area contributed by atoms with E-state index >= 15 is 0 Å². The van der Waals surface area contributed by atoms with Crippen LogP contribution in [-0.4, -0.2) is 87.3 Å². The van der Waals surface area contributed by atoms with E-state index in [1.807, 2.05) is 6.92 Å². The second-order valence-electron chi connectivity index (χ2n) is 8.71. The van der Waals surface area contributed by atoms with Crippen molar-refractivity contribution in [3.8, 4) is 17.2 Å². The van der Waals surface area contributed by atoms with Gasteiger partial charge in [-0.1, -0.05) is 12.1 Å². The number of nitrogens with zero attached hydrogens (tertiary/aromatic N) is 2. The summed E-state index contributed by atoms with van der Waals surface area (Å²) in [5.41, 5.74) is 1.74. The number of hydrogen-bond acceptors (Lipinski definition) is 8. The summed E-state index contributed by atoms with van der Waals surface area (Å²) in [7, 11) is 4.59. The fourth-order valence-corrected chi connectivity index (χ4v) is 4.81. The van der Waals surface area contributed by atoms with Crippen molar-refractivity contribution in [3.05, 3.63) is 58.7 Å². The number of morpholine rings is 1. The van der Waals surface area contributed by atoms with Gasteiger partial charge in [-0.25, -0.2) is 0 Å². The number of aryl methyl sites for hydroxylation is 1. The van der Waals surface area contributed by atoms with Crippen molar-refractivity contribution in [2.24, 2.45) is 0 Å². The second-order valence-corrected chi connectivity index (χ2v) is 8.71. The number of likely N-dealkylation sites (tertiary alicyclic amines) is 1. The van der Waals surface area contributed by atoms with Gasteiger partial charge in [0, 0.05) is 37.3 Å². The monoisotopic (exact) mass is 496 g/mol. The highest BCUT2D eigenvalue weighted by Gasteiger charge is 2.47. The number of amides is 1. The normalized spacial score (nSPS) is 20.0. The number of benzene rings is 2. The highest BCUT2D eigenvalue weighted by Crippen LogP contribution is 2.45. The van der Waals surface area contributed by atoms with E-state index in [0.29, 0.717) is 60.2 Å². The van der Waals surface area contributed by atoms with Crippen LogP contribution in [0.1, 0.15) is 22.7 Å². The van der Waals surface area contributed by atoms with Gasteiger partial charge in [0.2, 0.25) is 0 Å². The lowest BCUT2D eigenvalue weighted by Gasteiger charge is -2.31. The quantitative estimate of drug-likeness (QED) is 0.339. The summed E-state index contributed by atoms with van der Waals surface area (Å²) in [5.74, 6) is -0.140. The molecule has 2 fully saturated rings. The number of ketones is 1. The molecule has 0 spiro atoms. The Hall–Kier alpha value is -3.56. The Bertz CT molecular complexity index is 1170. The van der Waals surface area contributed by atoms with Crippen LogP contribution in [0.5, 0.6) is 17.2 Å². The Morgan fingerprint density at radius 1 is 1.03 bits per heavy atom. The summed E-state index contributed by atoms with van der Waals surface area (Å²) < 4.78 is 21.8. The van der Waals surface area contributed by atoms with E-state index in [4.69, 9.17) is 18.9 Å². The molecule has 0 aromatic heterocycles. The number of Topliss-reactive ketones (excluding diaryl/α,β-unsaturated/α-hetero) is 1. The zero-order valence-corrected chi connectivity index (χ0v) is 21.1. The molecule has 2 saturated heterocycles. The van der Waals surface area contributed by atoms with Crippen LogP contribution in [0.2, 0.25) is 0 Å². The molecule has 2 aromatic carbocycles. The summed E-state index contributed by atoms with van der Waals surface area (Å²) in [6.07, 6.45) is 0. The van der Waals surface area contributed by atoms with E-state index < -0.39 is 17.7 Å². The van der Waals surface area contributed by atoms with Gasteiger partial charge in [0.1, 0.15) is 11.5 Å². The first-order chi connectivity index (χ1) is 17.4. The minimum Gasteiger partial charge on any atom is -0.507 e. The van der Waals surface area contributed by atoms with Crippen molar-refractivity contribution in [1.82, 2.24) is 9.80 Å². The average molecular weight is 497 g/mol. The predicted octanol–water partition coefficient (Wildman–Crippen LogP) is 2.77. The fourth-order valence-electron chi connectivity index (χ4n) is 4.81. The molecule has 2 aliphatic heterocycles. The molecule has 1 N–H and O–H groups in total. The molecule has 1 atom stereocenters. The lowest BCUT2D eigenvalue weighted by atomic mass is 9.93. The molecule has 0 bridgehead atoms. The van der Waals surface area contributed by atoms with E-state index in [2.05, 4.69) is 4.90 Å². The van der Waals surface area contributed by atoms with E-state index in [-0.39, 0.29) is 11.3 Å². The lowest BCUT2D eigenvalue weighted by Crippen LogP contribution is -2.42. The van der Waals surface area contributed by atoms with Gasteiger partial charge in [0.05, 0.1) is 46.2 Å². The van der Waals surface area contributed by atoms with Crippen LogP contribution in [-0.2, 0) is 14.3 Å². The van der Waals surface area contributed by atoms with Crippen LogP contribution < -0.4 is 14.2 Å². The highest BCUT2D eigenvalue weighted by molar-refractivity contribution is 6.46. The molecule has 0 radical (unpaired) electrons. The second kappa shape index (κ2) is 11.0. The van der Waals surface area contributed by atoms with E-state index in [0.717, 1.165) is 13.1 Å². The number of methoxy groups -OCH3 is 3. The molecule has 2 aliphatic rings. The van der Waals surface area contributed by atoms with Crippen molar-refractivity contribution in [3.63, 3.8) is 0 Å². The van der Waals surface area contributed by atoms with Gasteiger partial charge < -0.3 is 29.0 Å². The largest absolute Gasteiger partial charge is 0.507 e. The number of carbonyl (C=O) groups excluding carboxylic acids is 2. The van der Waals surface area contributed by atoms with Crippen molar-refractivity contribution in [1.29, 1.82) is 0 Å². The maximum Gasteiger partial charge on any atom is 0.295 e. The first-order valence-corrected chi connectivity index (χ1v) is 11.9. The van der Waals surface area contributed by atoms with Crippen LogP contribution in [0.25, 0.3) is 5.76 Å². The Morgan fingerprint density at radius 3 is 2.42 bits per heavy atom. The van der Waals surface area contributed by atoms with E-state index in [1.54, 1.807) is 43.5 Å². The van der Waals surface area contributed by atoms with Crippen molar-refractivity contribution < 1.29 is 33.6 Å². The molecule has 36 heavy (non-hydrogen) atoms. The number of para-hydroxylation sites is 1. The van der Waals surface area contributed by atoms with Gasteiger partial charge in [-0.3, -0.25) is 14.5 Å². The number of carbonyl (C=O) groups is 2. The summed E-state index contributed by atoms with van der Waals surface area (Å²) in [5, 5.41) is 11.4. The van der Waals surface area contributed by atoms with Crippen LogP contribution in [0, 0.1) is 6.92 Å². The Labute approximate surface area is 210 Å². The Morgan fingerprint density at radius 2 is 1.78 bits per heavy atom. The summed E-state index contributed by atoms with van der Waals surface area (Å²) in [6.45, 7) is 5.44. The molecule has 1 amide bonds. The summed E-state index contributed by atoms with van der Waals surface area (Å²) in [4.78, 5) is 30.5. The predicted molar refractivity (Wildman–Crippen MR) is 134 cm³/mol. The molecule has 192 valence electrons. The van der Waals surface area contributed by atoms with Crippen LogP contribution in [0.3, 0.4) is 0 Å². The molecule has 4 rings (SSSR count). The standard InChI is InChI=1S/C27H32N2O7/c1-17-16-18(33-2)8-9-19(17)24(30)22-23(20-6-5-7-21(34-3)26(20)35-4)29(27(32)25(22)31)11-10-28-12-14-36-15-13-28/h5-9,16,23,30H,10-15H2,1-4H3/t23-/m1/s1. The van der Waals surface area contributed by atoms with Crippen LogP contribution >= 0.6 is 0 Å². The minimum absolute atomic E-state index is 0.0156. The molecule has 2 heterocycles. The molecule has 0 aliphatic carbocycles. The zero-order chi connectivity index (χ0) is 25.8. The van der Waals surface area contributed by atoms with Crippen LogP contribution in [0.4, 0.5) is 0 Å². The topological polar surface area (TPSA) is 97.8 Å². The summed E-state index contributed by atoms with van der Waals surface area (Å²) in [6, 6.07) is 9.62. The summed E-state index contributed by atoms with van der Waals surface area (Å²) >= 11 is 0. The van der Waals surface area contributed by atoms with Gasteiger partial charge in [0.25, 0.3) is 11.7 Å². The molecule has 0 saturated carbocycles. The van der Waals surface area contributed by atoms with Crippen molar-refractivity contribution in [2.75, 3.05) is 60.7 Å². The molecular formula is C27H32N2O7. The zero-order valence-electron chi connectivity index (χ0n) is 21.1. The van der Waals surface area contributed by atoms with E-state index in [1.165, 1.54) is 19.1 Å². The molecular weight excluding hydrogens is 464 g/mol. The van der Waals surface area contributed by atoms with Gasteiger partial charge >= 0.3 is 0 Å². The molecule has 0 unspecified atom stereocenters. The number of hydrogen-bond donors (Lipinski definition) is 1. The Kier molecular flexibility index (Phi) is 7.81. The molecule has 2 aromatic rings. The number of rotatable bonds is 8. The van der Waals surface area contributed by atoms with Crippen LogP contribution in [0.15, 0.2) is 42.0 Å². The smallest absolute Gasteiger partial charge is 0.295 e. The van der Waals surface area contributed by atoms with Crippen molar-refractivity contribution in [2.45, 2.75) is 13.0 Å². The average Bonchev–Trinajstić information content (AvgIpc) is 3.16. The third-order valence-corrected chi connectivity index (χ3v) is 6.72. The molecule has 9 nitrogen and oxygen atoms in total. The van der Waals surface area contributed by atoms with E-state index in [9.17, 15) is 14.7 Å². The van der Waals surface area contributed by atoms with Gasteiger partial charge in [-0.15, -0.1) is 0 Å². The SMILES string of the molecule is COc1ccc(C(O)=C2C(=O)C(=O)N(CCN3CCOCC3)[C@@H]2c2cccc(OC)c2OC)c(C)c1. The fraction of sp³-hybridized carbons (Fsp3) is 0.407. The minimum atomic E-state index is -0.849. The molecule has 9 heteroatoms. The third-order valence-electron chi connectivity index (χ3n) is 6.72. The number of ether oxygens (including phenoxy) is 4. The van der Waals surface area contributed by atoms with Crippen molar-refractivity contribution >= 4 is 17.4 Å². The third kappa shape index (κ3) is 4.76. The maximum absolute atomic E-state index is 13.4. The van der Waals surface area contributed by atoms with Gasteiger partial charge in [-0.05, 0) is 36.8 Å². The first kappa shape index (κ1) is 25.5. The maximum atomic E-state index is 13.4.